The van der Waals surface area contributed by atoms with Gasteiger partial charge in [0.15, 0.2) is 0 Å². The van der Waals surface area contributed by atoms with Gasteiger partial charge < -0.3 is 11.1 Å². The van der Waals surface area contributed by atoms with Crippen LogP contribution < -0.4 is 11.1 Å². The quantitative estimate of drug-likeness (QED) is 0.861. The highest BCUT2D eigenvalue weighted by atomic mass is 15.3. The Balaban J connectivity index is 1.95. The normalized spacial score (nSPS) is 35.8. The van der Waals surface area contributed by atoms with E-state index in [9.17, 15) is 0 Å². The predicted molar refractivity (Wildman–Crippen MR) is 79.0 cm³/mol. The molecule has 0 saturated heterocycles. The zero-order valence-corrected chi connectivity index (χ0v) is 12.7. The standard InChI is InChI=1S/C15H26N4/c1-9-11(16)12(19(5)18-9)17-13-14(2,3)10-6-7-15(13,4)8-10/h10,13,17H,6-8,16H2,1-5H3. The second kappa shape index (κ2) is 3.68. The lowest BCUT2D eigenvalue weighted by Crippen LogP contribution is -2.46. The summed E-state index contributed by atoms with van der Waals surface area (Å²) in [5.41, 5.74) is 8.61. The van der Waals surface area contributed by atoms with Crippen molar-refractivity contribution in [2.24, 2.45) is 23.8 Å². The first-order chi connectivity index (χ1) is 8.75. The van der Waals surface area contributed by atoms with Gasteiger partial charge in [-0.25, -0.2) is 0 Å². The highest BCUT2D eigenvalue weighted by Gasteiger charge is 2.59. The summed E-state index contributed by atoms with van der Waals surface area (Å²) < 4.78 is 1.89. The highest BCUT2D eigenvalue weighted by molar-refractivity contribution is 5.65. The van der Waals surface area contributed by atoms with Crippen molar-refractivity contribution in [1.82, 2.24) is 9.78 Å². The van der Waals surface area contributed by atoms with E-state index in [0.29, 0.717) is 16.9 Å². The molecule has 0 aliphatic heterocycles. The Morgan fingerprint density at radius 3 is 2.53 bits per heavy atom. The molecule has 19 heavy (non-hydrogen) atoms. The molecule has 2 aliphatic rings. The first-order valence-corrected chi connectivity index (χ1v) is 7.31. The van der Waals surface area contributed by atoms with Gasteiger partial charge in [-0.2, -0.15) is 5.10 Å². The van der Waals surface area contributed by atoms with Crippen molar-refractivity contribution in [3.8, 4) is 0 Å². The van der Waals surface area contributed by atoms with Crippen LogP contribution in [0.3, 0.4) is 0 Å². The van der Waals surface area contributed by atoms with Crippen molar-refractivity contribution < 1.29 is 0 Å². The Kier molecular flexibility index (Phi) is 2.48. The summed E-state index contributed by atoms with van der Waals surface area (Å²) in [7, 11) is 1.97. The van der Waals surface area contributed by atoms with Gasteiger partial charge in [0.25, 0.3) is 0 Å². The molecule has 4 heteroatoms. The molecular weight excluding hydrogens is 236 g/mol. The van der Waals surface area contributed by atoms with Crippen LogP contribution in [0.25, 0.3) is 0 Å². The summed E-state index contributed by atoms with van der Waals surface area (Å²) in [5, 5.41) is 8.15. The van der Waals surface area contributed by atoms with Gasteiger partial charge in [0.1, 0.15) is 5.82 Å². The molecule has 2 fully saturated rings. The van der Waals surface area contributed by atoms with Crippen molar-refractivity contribution in [2.45, 2.75) is 53.0 Å². The fraction of sp³-hybridized carbons (Fsp3) is 0.800. The van der Waals surface area contributed by atoms with Gasteiger partial charge in [-0.15, -0.1) is 0 Å². The Hall–Kier alpha value is -1.19. The van der Waals surface area contributed by atoms with E-state index < -0.39 is 0 Å². The van der Waals surface area contributed by atoms with Crippen LogP contribution in [0.4, 0.5) is 11.5 Å². The van der Waals surface area contributed by atoms with Crippen LogP contribution in [0.2, 0.25) is 0 Å². The van der Waals surface area contributed by atoms with E-state index in [-0.39, 0.29) is 0 Å². The summed E-state index contributed by atoms with van der Waals surface area (Å²) in [6, 6.07) is 0.482. The maximum absolute atomic E-state index is 6.17. The van der Waals surface area contributed by atoms with Crippen LogP contribution in [0, 0.1) is 23.7 Å². The highest BCUT2D eigenvalue weighted by Crippen LogP contribution is 2.63. The van der Waals surface area contributed by atoms with Crippen molar-refractivity contribution in [3.63, 3.8) is 0 Å². The van der Waals surface area contributed by atoms with E-state index in [0.717, 1.165) is 23.1 Å². The van der Waals surface area contributed by atoms with Gasteiger partial charge >= 0.3 is 0 Å². The van der Waals surface area contributed by atoms with Gasteiger partial charge in [0, 0.05) is 13.1 Å². The molecule has 0 radical (unpaired) electrons. The minimum atomic E-state index is 0.331. The summed E-state index contributed by atoms with van der Waals surface area (Å²) >= 11 is 0. The molecule has 3 atom stereocenters. The molecule has 2 aliphatic carbocycles. The topological polar surface area (TPSA) is 55.9 Å². The van der Waals surface area contributed by atoms with Crippen LogP contribution in [0.5, 0.6) is 0 Å². The molecule has 1 aromatic rings. The average Bonchev–Trinajstić information content (AvgIpc) is 2.86. The van der Waals surface area contributed by atoms with Crippen molar-refractivity contribution in [3.05, 3.63) is 5.69 Å². The number of aromatic nitrogens is 2. The van der Waals surface area contributed by atoms with Crippen molar-refractivity contribution >= 4 is 11.5 Å². The van der Waals surface area contributed by atoms with Gasteiger partial charge in [-0.3, -0.25) is 4.68 Å². The zero-order valence-electron chi connectivity index (χ0n) is 12.7. The molecule has 0 spiro atoms. The van der Waals surface area contributed by atoms with Crippen molar-refractivity contribution in [1.29, 1.82) is 0 Å². The predicted octanol–water partition coefficient (Wildman–Crippen LogP) is 2.94. The maximum Gasteiger partial charge on any atom is 0.148 e. The molecule has 106 valence electrons. The fourth-order valence-corrected chi connectivity index (χ4v) is 4.64. The van der Waals surface area contributed by atoms with Gasteiger partial charge in [-0.1, -0.05) is 20.8 Å². The number of nitrogens with zero attached hydrogens (tertiary/aromatic N) is 2. The molecule has 2 bridgehead atoms. The third kappa shape index (κ3) is 1.61. The van der Waals surface area contributed by atoms with E-state index in [1.54, 1.807) is 0 Å². The Morgan fingerprint density at radius 2 is 2.05 bits per heavy atom. The number of nitrogen functional groups attached to an aromatic ring is 1. The molecule has 3 rings (SSSR count). The number of fused-ring (bicyclic) bond motifs is 2. The summed E-state index contributed by atoms with van der Waals surface area (Å²) in [6.45, 7) is 9.20. The number of rotatable bonds is 2. The minimum absolute atomic E-state index is 0.331. The van der Waals surface area contributed by atoms with Gasteiger partial charge in [0.05, 0.1) is 11.4 Å². The third-order valence-electron chi connectivity index (χ3n) is 5.82. The number of hydrogen-bond donors (Lipinski definition) is 2. The van der Waals surface area contributed by atoms with Crippen LogP contribution in [-0.4, -0.2) is 15.8 Å². The van der Waals surface area contributed by atoms with E-state index in [1.807, 2.05) is 18.7 Å². The van der Waals surface area contributed by atoms with Crippen LogP contribution in [0.15, 0.2) is 0 Å². The lowest BCUT2D eigenvalue weighted by atomic mass is 9.68. The SMILES string of the molecule is Cc1nn(C)c(NC2C3(C)CCC(C3)C2(C)C)c1N. The zero-order chi connectivity index (χ0) is 14.0. The van der Waals surface area contributed by atoms with Crippen LogP contribution in [-0.2, 0) is 7.05 Å². The van der Waals surface area contributed by atoms with E-state index >= 15 is 0 Å². The molecule has 0 amide bonds. The van der Waals surface area contributed by atoms with Gasteiger partial charge in [0.2, 0.25) is 0 Å². The number of aryl methyl sites for hydroxylation is 2. The maximum atomic E-state index is 6.17. The fourth-order valence-electron chi connectivity index (χ4n) is 4.64. The Labute approximate surface area is 115 Å². The molecule has 1 aromatic heterocycles. The van der Waals surface area contributed by atoms with Gasteiger partial charge in [-0.05, 0) is 42.9 Å². The second-order valence-electron chi connectivity index (χ2n) is 7.46. The summed E-state index contributed by atoms with van der Waals surface area (Å²) in [6.07, 6.45) is 4.05. The average molecular weight is 262 g/mol. The Morgan fingerprint density at radius 1 is 1.37 bits per heavy atom. The monoisotopic (exact) mass is 262 g/mol. The Bertz CT molecular complexity index is 512. The lowest BCUT2D eigenvalue weighted by molar-refractivity contribution is 0.155. The van der Waals surface area contributed by atoms with Crippen LogP contribution in [0.1, 0.15) is 45.7 Å². The first kappa shape index (κ1) is 12.8. The first-order valence-electron chi connectivity index (χ1n) is 7.31. The molecule has 3 unspecified atom stereocenters. The number of nitrogens with two attached hydrogens (primary N) is 1. The lowest BCUT2D eigenvalue weighted by Gasteiger charge is -2.43. The molecular formula is C15H26N4. The minimum Gasteiger partial charge on any atom is -0.394 e. The summed E-state index contributed by atoms with van der Waals surface area (Å²) in [4.78, 5) is 0. The van der Waals surface area contributed by atoms with Crippen molar-refractivity contribution in [2.75, 3.05) is 11.1 Å². The molecule has 0 aromatic carbocycles. The second-order valence-corrected chi connectivity index (χ2v) is 7.46. The van der Waals surface area contributed by atoms with E-state index in [1.165, 1.54) is 19.3 Å². The number of nitrogens with one attached hydrogen (secondary N) is 1. The molecule has 2 saturated carbocycles. The number of hydrogen-bond acceptors (Lipinski definition) is 3. The van der Waals surface area contributed by atoms with E-state index in [2.05, 4.69) is 31.2 Å². The third-order valence-corrected chi connectivity index (χ3v) is 5.82. The molecule has 1 heterocycles. The summed E-state index contributed by atoms with van der Waals surface area (Å²) in [5.74, 6) is 1.83. The van der Waals surface area contributed by atoms with Crippen LogP contribution >= 0.6 is 0 Å². The smallest absolute Gasteiger partial charge is 0.148 e. The largest absolute Gasteiger partial charge is 0.394 e. The molecule has 4 nitrogen and oxygen atoms in total. The van der Waals surface area contributed by atoms with E-state index in [4.69, 9.17) is 5.73 Å². The molecule has 3 N–H and O–H groups in total. The number of anilines is 2.